The third kappa shape index (κ3) is 5.57. The van der Waals surface area contributed by atoms with Gasteiger partial charge in [0.25, 0.3) is 17.5 Å². The molecule has 0 unspecified atom stereocenters. The van der Waals surface area contributed by atoms with Gasteiger partial charge < -0.3 is 15.1 Å². The molecule has 0 fully saturated rings. The second-order valence-corrected chi connectivity index (χ2v) is 6.89. The van der Waals surface area contributed by atoms with Gasteiger partial charge in [-0.15, -0.1) is 6.58 Å². The van der Waals surface area contributed by atoms with Crippen LogP contribution in [0.3, 0.4) is 0 Å². The summed E-state index contributed by atoms with van der Waals surface area (Å²) in [5.74, 6) is -0.288. The number of hydrogen-bond acceptors (Lipinski definition) is 5. The Kier molecular flexibility index (Phi) is 6.97. The van der Waals surface area contributed by atoms with Crippen molar-refractivity contribution in [2.75, 3.05) is 6.54 Å². The molecule has 0 aliphatic heterocycles. The Morgan fingerprint density at radius 2 is 1.88 bits per heavy atom. The number of carbonyl (C=O) groups excluding carboxylic acids is 2. The minimum Gasteiger partial charge on any atom is -0.457 e. The molecule has 2 N–H and O–H groups in total. The molecule has 0 bridgehead atoms. The fourth-order valence-electron chi connectivity index (χ4n) is 2.82. The maximum atomic E-state index is 12.6. The number of rotatable bonds is 8. The van der Waals surface area contributed by atoms with E-state index in [1.807, 2.05) is 6.92 Å². The maximum Gasteiger partial charge on any atom is 0.270 e. The summed E-state index contributed by atoms with van der Waals surface area (Å²) in [5.41, 5.74) is 1.84. The van der Waals surface area contributed by atoms with E-state index in [0.717, 1.165) is 5.56 Å². The Morgan fingerprint density at radius 3 is 2.56 bits per heavy atom. The van der Waals surface area contributed by atoms with E-state index in [0.29, 0.717) is 22.6 Å². The van der Waals surface area contributed by atoms with Crippen LogP contribution < -0.4 is 10.6 Å². The van der Waals surface area contributed by atoms with Crippen LogP contribution in [0.1, 0.15) is 21.7 Å². The second kappa shape index (κ2) is 10.0. The van der Waals surface area contributed by atoms with Gasteiger partial charge in [-0.05, 0) is 31.2 Å². The van der Waals surface area contributed by atoms with Crippen molar-refractivity contribution < 1.29 is 18.9 Å². The van der Waals surface area contributed by atoms with E-state index in [2.05, 4.69) is 17.2 Å². The van der Waals surface area contributed by atoms with E-state index in [9.17, 15) is 19.7 Å². The highest BCUT2D eigenvalue weighted by molar-refractivity contribution is 6.05. The second-order valence-electron chi connectivity index (χ2n) is 6.89. The van der Waals surface area contributed by atoms with Crippen LogP contribution in [0.5, 0.6) is 0 Å². The number of nitro groups is 1. The van der Waals surface area contributed by atoms with Crippen LogP contribution >= 0.6 is 0 Å². The molecule has 8 heteroatoms. The van der Waals surface area contributed by atoms with Crippen molar-refractivity contribution in [1.82, 2.24) is 10.6 Å². The molecule has 3 rings (SSSR count). The van der Waals surface area contributed by atoms with Crippen molar-refractivity contribution in [2.45, 2.75) is 6.92 Å². The van der Waals surface area contributed by atoms with E-state index in [4.69, 9.17) is 4.42 Å². The molecule has 0 spiro atoms. The minimum absolute atomic E-state index is 0.0163. The summed E-state index contributed by atoms with van der Waals surface area (Å²) in [6.07, 6.45) is 2.91. The molecule has 8 nitrogen and oxygen atoms in total. The quantitative estimate of drug-likeness (QED) is 0.240. The Labute approximate surface area is 184 Å². The number of hydrogen-bond donors (Lipinski definition) is 2. The minimum atomic E-state index is -0.515. The van der Waals surface area contributed by atoms with Crippen molar-refractivity contribution >= 4 is 23.6 Å². The third-order valence-electron chi connectivity index (χ3n) is 4.47. The SMILES string of the molecule is C=CCNC(=O)/C(=C\c1ccc(-c2cccc([N+](=O)[O-])c2)o1)NC(=O)c1ccc(C)cc1. The van der Waals surface area contributed by atoms with Gasteiger partial charge in [-0.1, -0.05) is 35.9 Å². The standard InChI is InChI=1S/C24H21N3O5/c1-3-13-25-24(29)21(26-23(28)17-9-7-16(2)8-10-17)15-20-11-12-22(32-20)18-5-4-6-19(14-18)27(30)31/h3-12,14-15H,1,13H2,2H3,(H,25,29)(H,26,28)/b21-15+. The largest absolute Gasteiger partial charge is 0.457 e. The smallest absolute Gasteiger partial charge is 0.270 e. The predicted octanol–water partition coefficient (Wildman–Crippen LogP) is 4.24. The Balaban J connectivity index is 1.88. The van der Waals surface area contributed by atoms with Gasteiger partial charge in [-0.2, -0.15) is 0 Å². The first-order valence-electron chi connectivity index (χ1n) is 9.71. The van der Waals surface area contributed by atoms with Crippen molar-refractivity contribution in [3.63, 3.8) is 0 Å². The highest BCUT2D eigenvalue weighted by Gasteiger charge is 2.16. The number of amides is 2. The molecule has 2 aromatic carbocycles. The lowest BCUT2D eigenvalue weighted by Crippen LogP contribution is -2.34. The van der Waals surface area contributed by atoms with Gasteiger partial charge in [0.05, 0.1) is 4.92 Å². The number of aryl methyl sites for hydroxylation is 1. The molecule has 3 aromatic rings. The average Bonchev–Trinajstić information content (AvgIpc) is 3.26. The van der Waals surface area contributed by atoms with Crippen molar-refractivity contribution in [3.8, 4) is 11.3 Å². The van der Waals surface area contributed by atoms with Crippen molar-refractivity contribution in [3.05, 3.63) is 106 Å². The Hall–Kier alpha value is -4.46. The molecule has 1 heterocycles. The molecule has 2 amide bonds. The lowest BCUT2D eigenvalue weighted by Gasteiger charge is -2.10. The van der Waals surface area contributed by atoms with Gasteiger partial charge >= 0.3 is 0 Å². The summed E-state index contributed by atoms with van der Waals surface area (Å²) in [7, 11) is 0. The van der Waals surface area contributed by atoms with Crippen LogP contribution in [-0.2, 0) is 4.79 Å². The van der Waals surface area contributed by atoms with Crippen LogP contribution in [-0.4, -0.2) is 23.3 Å². The summed E-state index contributed by atoms with van der Waals surface area (Å²) < 4.78 is 5.74. The van der Waals surface area contributed by atoms with Gasteiger partial charge in [-0.3, -0.25) is 19.7 Å². The number of nitro benzene ring substituents is 1. The van der Waals surface area contributed by atoms with E-state index in [1.165, 1.54) is 24.3 Å². The molecule has 32 heavy (non-hydrogen) atoms. The molecular weight excluding hydrogens is 410 g/mol. The van der Waals surface area contributed by atoms with Crippen molar-refractivity contribution in [2.24, 2.45) is 0 Å². The zero-order valence-electron chi connectivity index (χ0n) is 17.3. The van der Waals surface area contributed by atoms with Gasteiger partial charge in [0.2, 0.25) is 0 Å². The average molecular weight is 431 g/mol. The predicted molar refractivity (Wildman–Crippen MR) is 121 cm³/mol. The van der Waals surface area contributed by atoms with Crippen molar-refractivity contribution in [1.29, 1.82) is 0 Å². The van der Waals surface area contributed by atoms with Crippen LogP contribution in [0, 0.1) is 17.0 Å². The molecule has 0 radical (unpaired) electrons. The lowest BCUT2D eigenvalue weighted by atomic mass is 10.1. The molecule has 0 saturated heterocycles. The molecule has 0 aliphatic rings. The fraction of sp³-hybridized carbons (Fsp3) is 0.0833. The normalized spacial score (nSPS) is 11.0. The Bertz CT molecular complexity index is 1190. The summed E-state index contributed by atoms with van der Waals surface area (Å²) >= 11 is 0. The number of furan rings is 1. The van der Waals surface area contributed by atoms with Gasteiger partial charge in [-0.25, -0.2) is 0 Å². The van der Waals surface area contributed by atoms with Crippen LogP contribution in [0.2, 0.25) is 0 Å². The number of nitrogens with zero attached hydrogens (tertiary/aromatic N) is 1. The highest BCUT2D eigenvalue weighted by Crippen LogP contribution is 2.26. The first-order valence-corrected chi connectivity index (χ1v) is 9.71. The molecule has 0 atom stereocenters. The van der Waals surface area contributed by atoms with E-state index >= 15 is 0 Å². The monoisotopic (exact) mass is 431 g/mol. The Morgan fingerprint density at radius 1 is 1.12 bits per heavy atom. The topological polar surface area (TPSA) is 114 Å². The summed E-state index contributed by atoms with van der Waals surface area (Å²) in [6, 6.07) is 16.2. The van der Waals surface area contributed by atoms with E-state index in [-0.39, 0.29) is 17.9 Å². The van der Waals surface area contributed by atoms with Gasteiger partial charge in [0.1, 0.15) is 17.2 Å². The number of nitrogens with one attached hydrogen (secondary N) is 2. The highest BCUT2D eigenvalue weighted by atomic mass is 16.6. The molecular formula is C24H21N3O5. The lowest BCUT2D eigenvalue weighted by molar-refractivity contribution is -0.384. The first-order chi connectivity index (χ1) is 15.4. The molecule has 0 aliphatic carbocycles. The summed E-state index contributed by atoms with van der Waals surface area (Å²) in [4.78, 5) is 35.7. The zero-order valence-corrected chi connectivity index (χ0v) is 17.3. The van der Waals surface area contributed by atoms with E-state index in [1.54, 1.807) is 48.5 Å². The summed E-state index contributed by atoms with van der Waals surface area (Å²) in [6.45, 7) is 5.69. The van der Waals surface area contributed by atoms with Crippen LogP contribution in [0.4, 0.5) is 5.69 Å². The fourth-order valence-corrected chi connectivity index (χ4v) is 2.82. The van der Waals surface area contributed by atoms with Gasteiger partial charge in [0, 0.05) is 35.9 Å². The number of benzene rings is 2. The third-order valence-corrected chi connectivity index (χ3v) is 4.47. The van der Waals surface area contributed by atoms with Crippen LogP contribution in [0.25, 0.3) is 17.4 Å². The van der Waals surface area contributed by atoms with Gasteiger partial charge in [0.15, 0.2) is 0 Å². The molecule has 162 valence electrons. The van der Waals surface area contributed by atoms with E-state index < -0.39 is 16.7 Å². The molecule has 1 aromatic heterocycles. The molecule has 0 saturated carbocycles. The summed E-state index contributed by atoms with van der Waals surface area (Å²) in [5, 5.41) is 16.2. The number of non-ortho nitro benzene ring substituents is 1. The zero-order chi connectivity index (χ0) is 23.1. The first kappa shape index (κ1) is 22.2. The van der Waals surface area contributed by atoms with Crippen LogP contribution in [0.15, 0.2) is 83.4 Å². The number of carbonyl (C=O) groups is 2. The maximum absolute atomic E-state index is 12.6.